The molecule has 1 aromatic carbocycles. The highest BCUT2D eigenvalue weighted by molar-refractivity contribution is 6.48. The van der Waals surface area contributed by atoms with Gasteiger partial charge in [-0.05, 0) is 50.8 Å². The monoisotopic (exact) mass is 317 g/mol. The second kappa shape index (κ2) is 6.99. The van der Waals surface area contributed by atoms with E-state index >= 15 is 0 Å². The summed E-state index contributed by atoms with van der Waals surface area (Å²) in [6.07, 6.45) is 7.28. The average Bonchev–Trinajstić information content (AvgIpc) is 2.89. The first-order valence-corrected chi connectivity index (χ1v) is 7.77. The molecule has 0 saturated heterocycles. The lowest BCUT2D eigenvalue weighted by Gasteiger charge is -2.17. The van der Waals surface area contributed by atoms with E-state index in [4.69, 9.17) is 34.8 Å². The molecule has 19 heavy (non-hydrogen) atoms. The van der Waals surface area contributed by atoms with E-state index in [0.717, 1.165) is 18.5 Å². The SMILES string of the molecule is CC(NCCC1=CCCC1)c1ccc(Cl)c(Cl)c1Cl. The molecule has 0 saturated carbocycles. The van der Waals surface area contributed by atoms with E-state index in [1.54, 1.807) is 11.6 Å². The molecule has 0 radical (unpaired) electrons. The molecule has 0 bridgehead atoms. The lowest BCUT2D eigenvalue weighted by atomic mass is 10.1. The molecule has 0 spiro atoms. The van der Waals surface area contributed by atoms with Crippen LogP contribution in [-0.4, -0.2) is 6.54 Å². The summed E-state index contributed by atoms with van der Waals surface area (Å²) in [7, 11) is 0. The number of benzene rings is 1. The van der Waals surface area contributed by atoms with Crippen LogP contribution in [0, 0.1) is 0 Å². The molecule has 0 aliphatic heterocycles. The lowest BCUT2D eigenvalue weighted by Crippen LogP contribution is -2.20. The van der Waals surface area contributed by atoms with E-state index < -0.39 is 0 Å². The van der Waals surface area contributed by atoms with Crippen LogP contribution in [0.4, 0.5) is 0 Å². The van der Waals surface area contributed by atoms with Gasteiger partial charge in [0.25, 0.3) is 0 Å². The Bertz CT molecular complexity index is 483. The van der Waals surface area contributed by atoms with Crippen LogP contribution >= 0.6 is 34.8 Å². The molecule has 1 unspecified atom stereocenters. The highest BCUT2D eigenvalue weighted by Gasteiger charge is 2.14. The van der Waals surface area contributed by atoms with E-state index in [1.807, 2.05) is 6.07 Å². The van der Waals surface area contributed by atoms with Gasteiger partial charge >= 0.3 is 0 Å². The van der Waals surface area contributed by atoms with Gasteiger partial charge in [0.05, 0.1) is 15.1 Å². The molecule has 0 fully saturated rings. The fourth-order valence-corrected chi connectivity index (χ4v) is 3.11. The summed E-state index contributed by atoms with van der Waals surface area (Å²) in [5.74, 6) is 0. The molecule has 1 N–H and O–H groups in total. The maximum atomic E-state index is 6.23. The quantitative estimate of drug-likeness (QED) is 0.534. The van der Waals surface area contributed by atoms with Gasteiger partial charge in [0.2, 0.25) is 0 Å². The van der Waals surface area contributed by atoms with Crippen molar-refractivity contribution in [1.82, 2.24) is 5.32 Å². The number of hydrogen-bond donors (Lipinski definition) is 1. The Morgan fingerprint density at radius 2 is 2.00 bits per heavy atom. The van der Waals surface area contributed by atoms with Crippen molar-refractivity contribution in [3.05, 3.63) is 44.4 Å². The second-order valence-corrected chi connectivity index (χ2v) is 6.11. The number of allylic oxidation sites excluding steroid dienone is 1. The first kappa shape index (κ1) is 15.2. The van der Waals surface area contributed by atoms with Gasteiger partial charge in [0.1, 0.15) is 0 Å². The highest BCUT2D eigenvalue weighted by atomic mass is 35.5. The standard InChI is InChI=1S/C15H18Cl3N/c1-10(19-9-8-11-4-2-3-5-11)12-6-7-13(16)15(18)14(12)17/h4,6-7,10,19H,2-3,5,8-9H2,1H3. The molecule has 1 nitrogen and oxygen atoms in total. The molecule has 1 aliphatic carbocycles. The Kier molecular flexibility index (Phi) is 5.58. The Balaban J connectivity index is 1.92. The van der Waals surface area contributed by atoms with Crippen LogP contribution < -0.4 is 5.32 Å². The Morgan fingerprint density at radius 3 is 2.68 bits per heavy atom. The second-order valence-electron chi connectivity index (χ2n) is 4.94. The van der Waals surface area contributed by atoms with Gasteiger partial charge in [-0.2, -0.15) is 0 Å². The van der Waals surface area contributed by atoms with Gasteiger partial charge in [0, 0.05) is 6.04 Å². The number of nitrogens with one attached hydrogen (secondary N) is 1. The van der Waals surface area contributed by atoms with Crippen molar-refractivity contribution >= 4 is 34.8 Å². The molecule has 0 aromatic heterocycles. The van der Waals surface area contributed by atoms with Crippen LogP contribution in [0.15, 0.2) is 23.8 Å². The van der Waals surface area contributed by atoms with E-state index in [0.29, 0.717) is 15.1 Å². The van der Waals surface area contributed by atoms with Gasteiger partial charge in [-0.1, -0.05) is 52.5 Å². The van der Waals surface area contributed by atoms with Crippen LogP contribution in [0.5, 0.6) is 0 Å². The summed E-state index contributed by atoms with van der Waals surface area (Å²) < 4.78 is 0. The average molecular weight is 319 g/mol. The van der Waals surface area contributed by atoms with Gasteiger partial charge in [-0.25, -0.2) is 0 Å². The predicted molar refractivity (Wildman–Crippen MR) is 84.4 cm³/mol. The maximum absolute atomic E-state index is 6.23. The first-order chi connectivity index (χ1) is 9.09. The molecule has 104 valence electrons. The van der Waals surface area contributed by atoms with Crippen LogP contribution in [0.3, 0.4) is 0 Å². The summed E-state index contributed by atoms with van der Waals surface area (Å²) in [4.78, 5) is 0. The minimum atomic E-state index is 0.171. The number of halogens is 3. The smallest absolute Gasteiger partial charge is 0.0781 e. The zero-order valence-electron chi connectivity index (χ0n) is 11.0. The largest absolute Gasteiger partial charge is 0.310 e. The molecular weight excluding hydrogens is 301 g/mol. The molecule has 0 heterocycles. The van der Waals surface area contributed by atoms with Crippen molar-refractivity contribution in [2.75, 3.05) is 6.54 Å². The van der Waals surface area contributed by atoms with Gasteiger partial charge in [-0.3, -0.25) is 0 Å². The van der Waals surface area contributed by atoms with Crippen LogP contribution in [0.25, 0.3) is 0 Å². The maximum Gasteiger partial charge on any atom is 0.0781 e. The van der Waals surface area contributed by atoms with Gasteiger partial charge in [-0.15, -0.1) is 0 Å². The van der Waals surface area contributed by atoms with Crippen LogP contribution in [-0.2, 0) is 0 Å². The molecule has 1 atom stereocenters. The van der Waals surface area contributed by atoms with E-state index in [9.17, 15) is 0 Å². The third-order valence-corrected chi connectivity index (χ3v) is 4.87. The third kappa shape index (κ3) is 3.88. The molecule has 1 aromatic rings. The van der Waals surface area contributed by atoms with Crippen molar-refractivity contribution in [1.29, 1.82) is 0 Å². The van der Waals surface area contributed by atoms with Gasteiger partial charge < -0.3 is 5.32 Å². The van der Waals surface area contributed by atoms with E-state index in [1.165, 1.54) is 19.3 Å². The topological polar surface area (TPSA) is 12.0 Å². The van der Waals surface area contributed by atoms with Crippen molar-refractivity contribution in [2.45, 2.75) is 38.6 Å². The van der Waals surface area contributed by atoms with Crippen LogP contribution in [0.2, 0.25) is 15.1 Å². The highest BCUT2D eigenvalue weighted by Crippen LogP contribution is 2.35. The summed E-state index contributed by atoms with van der Waals surface area (Å²) >= 11 is 18.2. The van der Waals surface area contributed by atoms with Crippen LogP contribution in [0.1, 0.15) is 44.2 Å². The summed E-state index contributed by atoms with van der Waals surface area (Å²) in [5, 5.41) is 4.97. The van der Waals surface area contributed by atoms with Crippen molar-refractivity contribution < 1.29 is 0 Å². The lowest BCUT2D eigenvalue weighted by molar-refractivity contribution is 0.573. The Morgan fingerprint density at radius 1 is 1.21 bits per heavy atom. The summed E-state index contributed by atoms with van der Waals surface area (Å²) in [5.41, 5.74) is 2.57. The molecule has 0 amide bonds. The molecule has 4 heteroatoms. The van der Waals surface area contributed by atoms with E-state index in [2.05, 4.69) is 18.3 Å². The van der Waals surface area contributed by atoms with Crippen molar-refractivity contribution in [3.63, 3.8) is 0 Å². The number of rotatable bonds is 5. The Hall–Kier alpha value is -0.210. The molecular formula is C15H18Cl3N. The minimum Gasteiger partial charge on any atom is -0.310 e. The van der Waals surface area contributed by atoms with Crippen molar-refractivity contribution in [2.24, 2.45) is 0 Å². The fraction of sp³-hybridized carbons (Fsp3) is 0.467. The molecule has 1 aliphatic rings. The minimum absolute atomic E-state index is 0.171. The summed E-state index contributed by atoms with van der Waals surface area (Å²) in [6, 6.07) is 3.90. The Labute approximate surface area is 129 Å². The fourth-order valence-electron chi connectivity index (χ4n) is 2.40. The number of hydrogen-bond acceptors (Lipinski definition) is 1. The third-order valence-electron chi connectivity index (χ3n) is 3.56. The zero-order chi connectivity index (χ0) is 13.8. The predicted octanol–water partition coefficient (Wildman–Crippen LogP) is 5.80. The zero-order valence-corrected chi connectivity index (χ0v) is 13.2. The van der Waals surface area contributed by atoms with Gasteiger partial charge in [0.15, 0.2) is 0 Å². The normalized spacial score (nSPS) is 16.5. The molecule has 2 rings (SSSR count). The van der Waals surface area contributed by atoms with E-state index in [-0.39, 0.29) is 6.04 Å². The van der Waals surface area contributed by atoms with Crippen molar-refractivity contribution in [3.8, 4) is 0 Å². The summed E-state index contributed by atoms with van der Waals surface area (Å²) in [6.45, 7) is 3.05. The first-order valence-electron chi connectivity index (χ1n) is 6.64.